The maximum Gasteiger partial charge on any atom is 0.407 e. The summed E-state index contributed by atoms with van der Waals surface area (Å²) in [4.78, 5) is 11.9. The summed E-state index contributed by atoms with van der Waals surface area (Å²) < 4.78 is 11.8. The third-order valence-corrected chi connectivity index (χ3v) is 10.4. The molecule has 5 heteroatoms. The van der Waals surface area contributed by atoms with Crippen molar-refractivity contribution in [1.29, 1.82) is 0 Å². The van der Waals surface area contributed by atoms with Crippen LogP contribution in [0.3, 0.4) is 0 Å². The lowest BCUT2D eigenvalue weighted by Gasteiger charge is -2.36. The van der Waals surface area contributed by atoms with Crippen molar-refractivity contribution in [3.8, 4) is 17.6 Å². The zero-order chi connectivity index (χ0) is 23.9. The maximum atomic E-state index is 11.9. The Morgan fingerprint density at radius 2 is 1.61 bits per heavy atom. The summed E-state index contributed by atoms with van der Waals surface area (Å²) in [5.74, 6) is 7.34. The van der Waals surface area contributed by atoms with E-state index in [4.69, 9.17) is 9.16 Å². The van der Waals surface area contributed by atoms with Gasteiger partial charge in [0, 0.05) is 29.3 Å². The van der Waals surface area contributed by atoms with Gasteiger partial charge in [0.1, 0.15) is 12.4 Å². The largest absolute Gasteiger partial charge is 0.543 e. The van der Waals surface area contributed by atoms with Gasteiger partial charge in [-0.1, -0.05) is 87.2 Å². The van der Waals surface area contributed by atoms with Gasteiger partial charge in [0.25, 0.3) is 8.32 Å². The van der Waals surface area contributed by atoms with E-state index < -0.39 is 14.4 Å². The number of amides is 1. The van der Waals surface area contributed by atoms with E-state index in [0.717, 1.165) is 27.6 Å². The van der Waals surface area contributed by atoms with Gasteiger partial charge in [-0.05, 0) is 35.8 Å². The Morgan fingerprint density at radius 1 is 0.939 bits per heavy atom. The lowest BCUT2D eigenvalue weighted by molar-refractivity contribution is 0.140. The van der Waals surface area contributed by atoms with Gasteiger partial charge in [0.15, 0.2) is 0 Å². The molecule has 1 amide bonds. The van der Waals surface area contributed by atoms with E-state index in [0.29, 0.717) is 13.0 Å². The molecule has 1 N–H and O–H groups in total. The van der Waals surface area contributed by atoms with Crippen molar-refractivity contribution in [3.63, 3.8) is 0 Å². The molecule has 0 fully saturated rings. The van der Waals surface area contributed by atoms with Crippen LogP contribution in [0, 0.1) is 11.8 Å². The fraction of sp³-hybridized carbons (Fsp3) is 0.321. The molecule has 3 aromatic carbocycles. The average Bonchev–Trinajstić information content (AvgIpc) is 2.78. The van der Waals surface area contributed by atoms with Crippen LogP contribution in [0.4, 0.5) is 4.79 Å². The minimum Gasteiger partial charge on any atom is -0.543 e. The molecule has 0 aliphatic heterocycles. The minimum absolute atomic E-state index is 0.127. The average molecular weight is 460 g/mol. The molecule has 0 aliphatic carbocycles. The number of benzene rings is 3. The number of ether oxygens (including phenoxy) is 1. The Kier molecular flexibility index (Phi) is 7.83. The third-order valence-electron chi connectivity index (χ3n) is 6.01. The number of carbonyl (C=O) groups excluding carboxylic acids is 1. The van der Waals surface area contributed by atoms with Gasteiger partial charge >= 0.3 is 6.09 Å². The van der Waals surface area contributed by atoms with Crippen LogP contribution in [0.1, 0.15) is 38.3 Å². The summed E-state index contributed by atoms with van der Waals surface area (Å²) in [5, 5.41) is 5.03. The van der Waals surface area contributed by atoms with Gasteiger partial charge in [0.2, 0.25) is 0 Å². The van der Waals surface area contributed by atoms with Crippen LogP contribution in [0.15, 0.2) is 66.7 Å². The molecule has 0 aliphatic rings. The molecule has 0 atom stereocenters. The predicted molar refractivity (Wildman–Crippen MR) is 138 cm³/mol. The highest BCUT2D eigenvalue weighted by molar-refractivity contribution is 6.74. The molecule has 0 aromatic heterocycles. The van der Waals surface area contributed by atoms with Crippen molar-refractivity contribution in [2.45, 2.75) is 51.9 Å². The first kappa shape index (κ1) is 24.4. The van der Waals surface area contributed by atoms with E-state index in [9.17, 15) is 4.79 Å². The summed E-state index contributed by atoms with van der Waals surface area (Å²) in [7, 11) is -1.94. The lowest BCUT2D eigenvalue weighted by Crippen LogP contribution is -2.43. The molecule has 0 spiro atoms. The number of carbonyl (C=O) groups is 1. The van der Waals surface area contributed by atoms with E-state index in [1.54, 1.807) is 0 Å². The summed E-state index contributed by atoms with van der Waals surface area (Å²) >= 11 is 0. The Morgan fingerprint density at radius 3 is 2.30 bits per heavy atom. The minimum atomic E-state index is -1.94. The van der Waals surface area contributed by atoms with Crippen LogP contribution in [0.2, 0.25) is 18.1 Å². The quantitative estimate of drug-likeness (QED) is 0.248. The first-order chi connectivity index (χ1) is 15.7. The van der Waals surface area contributed by atoms with Crippen LogP contribution in [0.25, 0.3) is 10.8 Å². The zero-order valence-corrected chi connectivity index (χ0v) is 21.2. The predicted octanol–water partition coefficient (Wildman–Crippen LogP) is 6.89. The molecule has 172 valence electrons. The number of hydrogen-bond acceptors (Lipinski definition) is 3. The van der Waals surface area contributed by atoms with Gasteiger partial charge in [-0.3, -0.25) is 0 Å². The highest BCUT2D eigenvalue weighted by atomic mass is 28.4. The Balaban J connectivity index is 1.61. The third kappa shape index (κ3) is 6.63. The standard InChI is InChI=1S/C28H33NO3Si/c1-28(2,3)33(4,5)32-26-19-18-23(24-16-9-10-17-25(24)26)15-11-12-20-29-27(30)31-21-22-13-7-6-8-14-22/h6-10,13-14,16-19H,12,20-21H2,1-5H3,(H,29,30). The summed E-state index contributed by atoms with van der Waals surface area (Å²) in [6.45, 7) is 11.9. The highest BCUT2D eigenvalue weighted by Crippen LogP contribution is 2.39. The van der Waals surface area contributed by atoms with Crippen LogP contribution in [0.5, 0.6) is 5.75 Å². The van der Waals surface area contributed by atoms with Crippen molar-refractivity contribution in [1.82, 2.24) is 5.32 Å². The van der Waals surface area contributed by atoms with E-state index in [1.165, 1.54) is 0 Å². The lowest BCUT2D eigenvalue weighted by atomic mass is 10.0. The molecule has 0 unspecified atom stereocenters. The van der Waals surface area contributed by atoms with Gasteiger partial charge < -0.3 is 14.5 Å². The van der Waals surface area contributed by atoms with Crippen molar-refractivity contribution >= 4 is 25.2 Å². The zero-order valence-electron chi connectivity index (χ0n) is 20.2. The van der Waals surface area contributed by atoms with Crippen molar-refractivity contribution in [3.05, 3.63) is 77.9 Å². The normalized spacial score (nSPS) is 11.4. The molecule has 0 radical (unpaired) electrons. The molecule has 0 saturated heterocycles. The number of fused-ring (bicyclic) bond motifs is 1. The number of rotatable bonds is 6. The van der Waals surface area contributed by atoms with Crippen LogP contribution >= 0.6 is 0 Å². The van der Waals surface area contributed by atoms with Gasteiger partial charge in [-0.2, -0.15) is 0 Å². The maximum absolute atomic E-state index is 11.9. The molecule has 3 aromatic rings. The Hall–Kier alpha value is -3.23. The molecular formula is C28H33NO3Si. The van der Waals surface area contributed by atoms with Gasteiger partial charge in [-0.25, -0.2) is 4.79 Å². The van der Waals surface area contributed by atoms with E-state index >= 15 is 0 Å². The van der Waals surface area contributed by atoms with E-state index in [1.807, 2.05) is 54.6 Å². The Labute approximate surface area is 198 Å². The number of alkyl carbamates (subject to hydrolysis) is 1. The van der Waals surface area contributed by atoms with Crippen molar-refractivity contribution < 1.29 is 14.0 Å². The molecule has 33 heavy (non-hydrogen) atoms. The van der Waals surface area contributed by atoms with Crippen molar-refractivity contribution in [2.75, 3.05) is 6.54 Å². The van der Waals surface area contributed by atoms with Gasteiger partial charge in [0.05, 0.1) is 0 Å². The van der Waals surface area contributed by atoms with E-state index in [-0.39, 0.29) is 11.6 Å². The summed E-state index contributed by atoms with van der Waals surface area (Å²) in [5.41, 5.74) is 1.92. The monoisotopic (exact) mass is 459 g/mol. The highest BCUT2D eigenvalue weighted by Gasteiger charge is 2.39. The molecule has 0 bridgehead atoms. The van der Waals surface area contributed by atoms with E-state index in [2.05, 4.69) is 63.2 Å². The second-order valence-electron chi connectivity index (χ2n) is 9.56. The second-order valence-corrected chi connectivity index (χ2v) is 14.3. The molecule has 3 rings (SSSR count). The Bertz CT molecular complexity index is 1150. The first-order valence-corrected chi connectivity index (χ1v) is 14.2. The fourth-order valence-electron chi connectivity index (χ4n) is 3.06. The van der Waals surface area contributed by atoms with Crippen LogP contribution in [-0.2, 0) is 11.3 Å². The topological polar surface area (TPSA) is 47.6 Å². The number of nitrogens with one attached hydrogen (secondary N) is 1. The van der Waals surface area contributed by atoms with Crippen molar-refractivity contribution in [2.24, 2.45) is 0 Å². The summed E-state index contributed by atoms with van der Waals surface area (Å²) in [6, 6.07) is 21.9. The SMILES string of the molecule is CC(C)(C)[Si](C)(C)Oc1ccc(C#CCCNC(=O)OCc2ccccc2)c2ccccc12. The molecular weight excluding hydrogens is 426 g/mol. The van der Waals surface area contributed by atoms with Gasteiger partial charge in [-0.15, -0.1) is 0 Å². The molecule has 0 heterocycles. The van der Waals surface area contributed by atoms with Crippen LogP contribution in [-0.4, -0.2) is 21.0 Å². The smallest absolute Gasteiger partial charge is 0.407 e. The molecule has 4 nitrogen and oxygen atoms in total. The summed E-state index contributed by atoms with van der Waals surface area (Å²) in [6.07, 6.45) is 0.106. The molecule has 0 saturated carbocycles. The first-order valence-electron chi connectivity index (χ1n) is 11.3. The fourth-order valence-corrected chi connectivity index (χ4v) is 4.09. The number of hydrogen-bond donors (Lipinski definition) is 1. The second kappa shape index (κ2) is 10.6. The van der Waals surface area contributed by atoms with Crippen LogP contribution < -0.4 is 9.74 Å².